The van der Waals surface area contributed by atoms with E-state index in [2.05, 4.69) is 13.8 Å². The van der Waals surface area contributed by atoms with E-state index in [1.54, 1.807) is 18.2 Å². The van der Waals surface area contributed by atoms with Crippen LogP contribution in [-0.4, -0.2) is 52.6 Å². The average molecular weight is 474 g/mol. The van der Waals surface area contributed by atoms with Gasteiger partial charge in [0.25, 0.3) is 0 Å². The lowest BCUT2D eigenvalue weighted by Crippen LogP contribution is -2.68. The lowest BCUT2D eigenvalue weighted by Gasteiger charge is -2.66. The fourth-order valence-electron chi connectivity index (χ4n) is 8.92. The molecule has 0 spiro atoms. The number of fused-ring (bicyclic) bond motifs is 5. The summed E-state index contributed by atoms with van der Waals surface area (Å²) in [5.41, 5.74) is -1.59. The second-order valence-corrected chi connectivity index (χ2v) is 12.0. The first-order valence-corrected chi connectivity index (χ1v) is 12.8. The summed E-state index contributed by atoms with van der Waals surface area (Å²) in [6.07, 6.45) is 8.31. The van der Waals surface area contributed by atoms with Gasteiger partial charge >= 0.3 is 11.7 Å². The largest absolute Gasteiger partial charge is 0.453 e. The number of nitrogens with zero attached hydrogens (tertiary/aromatic N) is 1. The highest BCUT2D eigenvalue weighted by molar-refractivity contribution is 5.67. The lowest BCUT2D eigenvalue weighted by atomic mass is 9.41. The number of aliphatic hydroxyl groups is 2. The molecule has 2 N–H and O–H groups in total. The zero-order chi connectivity index (χ0) is 24.5. The summed E-state index contributed by atoms with van der Waals surface area (Å²) in [7, 11) is 3.15. The normalized spacial score (nSPS) is 45.6. The van der Waals surface area contributed by atoms with Crippen LogP contribution in [0.25, 0.3) is 0 Å². The van der Waals surface area contributed by atoms with Gasteiger partial charge in [-0.1, -0.05) is 13.8 Å². The summed E-state index contributed by atoms with van der Waals surface area (Å²) in [6.45, 7) is 4.44. The van der Waals surface area contributed by atoms with Gasteiger partial charge in [0.15, 0.2) is 0 Å². The molecule has 0 unspecified atom stereocenters. The van der Waals surface area contributed by atoms with Gasteiger partial charge in [0.1, 0.15) is 0 Å². The lowest BCUT2D eigenvalue weighted by molar-refractivity contribution is -0.249. The van der Waals surface area contributed by atoms with Crippen molar-refractivity contribution < 1.29 is 24.2 Å². The monoisotopic (exact) mass is 473 g/mol. The number of hydrogen-bond donors (Lipinski definition) is 2. The first kappa shape index (κ1) is 23.9. The second kappa shape index (κ2) is 7.82. The van der Waals surface area contributed by atoms with E-state index in [1.807, 2.05) is 6.07 Å². The first-order chi connectivity index (χ1) is 16.0. The van der Waals surface area contributed by atoms with Crippen LogP contribution >= 0.6 is 0 Å². The fourth-order valence-corrected chi connectivity index (χ4v) is 8.92. The molecule has 0 bridgehead atoms. The Morgan fingerprint density at radius 1 is 1.03 bits per heavy atom. The molecule has 7 heteroatoms. The molecule has 5 rings (SSSR count). The summed E-state index contributed by atoms with van der Waals surface area (Å²) >= 11 is 0. The predicted octanol–water partition coefficient (Wildman–Crippen LogP) is 4.06. The van der Waals surface area contributed by atoms with Crippen molar-refractivity contribution in [3.05, 3.63) is 34.4 Å². The van der Waals surface area contributed by atoms with E-state index >= 15 is 0 Å². The van der Waals surface area contributed by atoms with Gasteiger partial charge in [-0.05, 0) is 92.6 Å². The van der Waals surface area contributed by atoms with E-state index in [0.717, 1.165) is 50.5 Å². The molecule has 0 radical (unpaired) electrons. The van der Waals surface area contributed by atoms with Crippen molar-refractivity contribution in [3.63, 3.8) is 0 Å². The van der Waals surface area contributed by atoms with Crippen LogP contribution in [0.3, 0.4) is 0 Å². The van der Waals surface area contributed by atoms with Crippen molar-refractivity contribution in [1.82, 2.24) is 4.90 Å². The zero-order valence-electron chi connectivity index (χ0n) is 20.9. The van der Waals surface area contributed by atoms with Crippen LogP contribution in [0.2, 0.25) is 0 Å². The Hall–Kier alpha value is -1.86. The molecule has 0 saturated heterocycles. The number of ether oxygens (including phenoxy) is 1. The van der Waals surface area contributed by atoms with Crippen molar-refractivity contribution in [3.8, 4) is 0 Å². The van der Waals surface area contributed by atoms with Gasteiger partial charge in [-0.3, -0.25) is 0 Å². The molecule has 1 amide bonds. The van der Waals surface area contributed by atoms with Gasteiger partial charge in [0, 0.05) is 24.6 Å². The van der Waals surface area contributed by atoms with Gasteiger partial charge in [0.2, 0.25) is 0 Å². The first-order valence-electron chi connectivity index (χ1n) is 12.8. The van der Waals surface area contributed by atoms with Gasteiger partial charge in [-0.2, -0.15) is 0 Å². The number of methoxy groups -OCH3 is 1. The Labute approximate surface area is 201 Å². The highest BCUT2D eigenvalue weighted by Crippen LogP contribution is 2.71. The quantitative estimate of drug-likeness (QED) is 0.672. The minimum Gasteiger partial charge on any atom is -0.453 e. The maximum Gasteiger partial charge on any atom is 0.409 e. The van der Waals surface area contributed by atoms with Crippen molar-refractivity contribution in [2.24, 2.45) is 22.7 Å². The van der Waals surface area contributed by atoms with Gasteiger partial charge in [-0.25, -0.2) is 9.59 Å². The van der Waals surface area contributed by atoms with Crippen LogP contribution < -0.4 is 5.63 Å². The molecule has 1 aromatic heterocycles. The summed E-state index contributed by atoms with van der Waals surface area (Å²) in [5.74, 6) is 0.522. The molecule has 1 aromatic rings. The summed E-state index contributed by atoms with van der Waals surface area (Å²) in [4.78, 5) is 25.3. The summed E-state index contributed by atoms with van der Waals surface area (Å²) in [6, 6.07) is 3.30. The number of rotatable bonds is 2. The van der Waals surface area contributed by atoms with Crippen LogP contribution in [0, 0.1) is 22.7 Å². The Morgan fingerprint density at radius 3 is 2.41 bits per heavy atom. The molecule has 8 atom stereocenters. The summed E-state index contributed by atoms with van der Waals surface area (Å²) < 4.78 is 10.1. The molecule has 4 aliphatic carbocycles. The molecule has 0 aliphatic heterocycles. The molecule has 7 nitrogen and oxygen atoms in total. The van der Waals surface area contributed by atoms with E-state index in [-0.39, 0.29) is 46.3 Å². The molecular formula is C27H39NO6. The van der Waals surface area contributed by atoms with E-state index in [4.69, 9.17) is 9.15 Å². The molecule has 4 fully saturated rings. The number of amides is 1. The van der Waals surface area contributed by atoms with Crippen LogP contribution in [0.5, 0.6) is 0 Å². The summed E-state index contributed by atoms with van der Waals surface area (Å²) in [5, 5.41) is 24.3. The molecule has 188 valence electrons. The molecule has 34 heavy (non-hydrogen) atoms. The number of hydrogen-bond acceptors (Lipinski definition) is 6. The second-order valence-electron chi connectivity index (χ2n) is 12.0. The van der Waals surface area contributed by atoms with Crippen molar-refractivity contribution in [1.29, 1.82) is 0 Å². The molecule has 4 saturated carbocycles. The van der Waals surface area contributed by atoms with Crippen LogP contribution in [0.15, 0.2) is 27.6 Å². The SMILES string of the molecule is COC(=O)N(C)[C@H]1CC[C@]2(C)[C@H]3CC[C@]4(C)[C@@H](c5ccc(=O)oc5)CC[C@]4(O)[C@@H]3CC[C@]2(O)C1. The Bertz CT molecular complexity index is 1000. The fraction of sp³-hybridized carbons (Fsp3) is 0.778. The van der Waals surface area contributed by atoms with E-state index in [0.29, 0.717) is 12.8 Å². The van der Waals surface area contributed by atoms with Gasteiger partial charge in [0.05, 0.1) is 24.6 Å². The third kappa shape index (κ3) is 3.08. The van der Waals surface area contributed by atoms with E-state index in [1.165, 1.54) is 13.2 Å². The highest BCUT2D eigenvalue weighted by atomic mass is 16.5. The molecule has 4 aliphatic rings. The van der Waals surface area contributed by atoms with Crippen molar-refractivity contribution >= 4 is 6.09 Å². The minimum atomic E-state index is -0.857. The Balaban J connectivity index is 1.42. The molecule has 1 heterocycles. The maximum absolute atomic E-state index is 12.3. The standard InChI is InChI=1S/C27H39NO6/c1-24-11-7-18(28(3)23(30)33-4)15-26(24,31)13-9-21-20(24)8-12-25(2)19(10-14-27(21,25)32)17-5-6-22(29)34-16-17/h5-6,16,18-21,31-32H,7-15H2,1-4H3/t18-,19+,20-,21+,24+,25+,26-,27-/m0/s1. The highest BCUT2D eigenvalue weighted by Gasteiger charge is 2.70. The van der Waals surface area contributed by atoms with E-state index < -0.39 is 11.2 Å². The third-order valence-corrected chi connectivity index (χ3v) is 11.1. The number of carbonyl (C=O) groups excluding carboxylic acids is 1. The smallest absolute Gasteiger partial charge is 0.409 e. The third-order valence-electron chi connectivity index (χ3n) is 11.1. The van der Waals surface area contributed by atoms with Gasteiger partial charge in [-0.15, -0.1) is 0 Å². The van der Waals surface area contributed by atoms with Crippen LogP contribution in [0.1, 0.15) is 83.1 Å². The van der Waals surface area contributed by atoms with Crippen LogP contribution in [-0.2, 0) is 4.74 Å². The Morgan fingerprint density at radius 2 is 1.74 bits per heavy atom. The van der Waals surface area contributed by atoms with E-state index in [9.17, 15) is 19.8 Å². The van der Waals surface area contributed by atoms with Crippen molar-refractivity contribution in [2.75, 3.05) is 14.2 Å². The molecular weight excluding hydrogens is 434 g/mol. The molecule has 0 aromatic carbocycles. The topological polar surface area (TPSA) is 100 Å². The maximum atomic E-state index is 12.3. The number of carbonyl (C=O) groups is 1. The predicted molar refractivity (Wildman–Crippen MR) is 126 cm³/mol. The average Bonchev–Trinajstić information content (AvgIpc) is 3.10. The van der Waals surface area contributed by atoms with Crippen LogP contribution in [0.4, 0.5) is 4.79 Å². The Kier molecular flexibility index (Phi) is 5.49. The van der Waals surface area contributed by atoms with Gasteiger partial charge < -0.3 is 24.3 Å². The minimum absolute atomic E-state index is 0.0392. The zero-order valence-corrected chi connectivity index (χ0v) is 20.9. The van der Waals surface area contributed by atoms with Crippen molar-refractivity contribution in [2.45, 2.75) is 94.8 Å².